The van der Waals surface area contributed by atoms with Crippen LogP contribution in [0.4, 0.5) is 0 Å². The van der Waals surface area contributed by atoms with Crippen LogP contribution in [0.3, 0.4) is 0 Å². The summed E-state index contributed by atoms with van der Waals surface area (Å²) in [6, 6.07) is 31.7. The van der Waals surface area contributed by atoms with Gasteiger partial charge < -0.3 is 0 Å². The molecule has 0 atom stereocenters. The molecule has 0 fully saturated rings. The summed E-state index contributed by atoms with van der Waals surface area (Å²) in [5.74, 6) is 0. The van der Waals surface area contributed by atoms with Gasteiger partial charge in [-0.3, -0.25) is 0 Å². The van der Waals surface area contributed by atoms with Crippen LogP contribution in [0.25, 0.3) is 11.1 Å². The van der Waals surface area contributed by atoms with E-state index in [0.717, 1.165) is 0 Å². The standard InChI is InChI=1S/C29H26/c1-19-15-25-26-16-20(2)22(4)18-28(26)29(27(25)17-21(19)3,23-11-7-5-8-12-23)24-13-9-6-10-14-24/h5-18H,1-4H3. The maximum Gasteiger partial charge on any atom is 0.0713 e. The number of fused-ring (bicyclic) bond motifs is 3. The van der Waals surface area contributed by atoms with Gasteiger partial charge >= 0.3 is 0 Å². The lowest BCUT2D eigenvalue weighted by Gasteiger charge is -2.34. The molecular weight excluding hydrogens is 348 g/mol. The molecule has 0 radical (unpaired) electrons. The maximum atomic E-state index is 2.43. The highest BCUT2D eigenvalue weighted by molar-refractivity contribution is 5.87. The number of hydrogen-bond acceptors (Lipinski definition) is 0. The van der Waals surface area contributed by atoms with Crippen molar-refractivity contribution in [3.63, 3.8) is 0 Å². The third-order valence-corrected chi connectivity index (χ3v) is 6.78. The van der Waals surface area contributed by atoms with Crippen molar-refractivity contribution in [3.05, 3.63) is 129 Å². The van der Waals surface area contributed by atoms with E-state index in [2.05, 4.69) is 113 Å². The first-order valence-electron chi connectivity index (χ1n) is 10.4. The summed E-state index contributed by atoms with van der Waals surface area (Å²) in [4.78, 5) is 0. The molecule has 4 aromatic carbocycles. The number of aryl methyl sites for hydroxylation is 4. The summed E-state index contributed by atoms with van der Waals surface area (Å²) in [5, 5.41) is 0. The predicted molar refractivity (Wildman–Crippen MR) is 123 cm³/mol. The highest BCUT2D eigenvalue weighted by atomic mass is 14.5. The van der Waals surface area contributed by atoms with E-state index in [0.29, 0.717) is 0 Å². The summed E-state index contributed by atoms with van der Waals surface area (Å²) in [5.41, 5.74) is 13.3. The van der Waals surface area contributed by atoms with Crippen LogP contribution in [0.15, 0.2) is 84.9 Å². The van der Waals surface area contributed by atoms with Crippen molar-refractivity contribution >= 4 is 0 Å². The molecule has 0 heteroatoms. The Balaban J connectivity index is 2.01. The van der Waals surface area contributed by atoms with Crippen LogP contribution in [0, 0.1) is 27.7 Å². The highest BCUT2D eigenvalue weighted by Crippen LogP contribution is 2.57. The summed E-state index contributed by atoms with van der Waals surface area (Å²) < 4.78 is 0. The zero-order chi connectivity index (χ0) is 20.2. The third-order valence-electron chi connectivity index (χ3n) is 6.78. The lowest BCUT2D eigenvalue weighted by molar-refractivity contribution is 0.766. The molecule has 29 heavy (non-hydrogen) atoms. The molecule has 0 spiro atoms. The summed E-state index contributed by atoms with van der Waals surface area (Å²) >= 11 is 0. The second-order valence-electron chi connectivity index (χ2n) is 8.45. The number of benzene rings is 4. The molecule has 0 aromatic heterocycles. The Labute approximate surface area is 173 Å². The molecule has 0 bridgehead atoms. The van der Waals surface area contributed by atoms with Crippen molar-refractivity contribution in [1.29, 1.82) is 0 Å². The van der Waals surface area contributed by atoms with E-state index in [-0.39, 0.29) is 5.41 Å². The monoisotopic (exact) mass is 374 g/mol. The van der Waals surface area contributed by atoms with Gasteiger partial charge in [0.2, 0.25) is 0 Å². The minimum atomic E-state index is -0.288. The molecule has 1 aliphatic rings. The van der Waals surface area contributed by atoms with Crippen molar-refractivity contribution in [1.82, 2.24) is 0 Å². The summed E-state index contributed by atoms with van der Waals surface area (Å²) in [6.45, 7) is 8.91. The first-order chi connectivity index (χ1) is 14.0. The van der Waals surface area contributed by atoms with Gasteiger partial charge in [0.1, 0.15) is 0 Å². The minimum absolute atomic E-state index is 0.288. The van der Waals surface area contributed by atoms with E-state index in [1.54, 1.807) is 0 Å². The number of hydrogen-bond donors (Lipinski definition) is 0. The fourth-order valence-electron chi connectivity index (χ4n) is 5.01. The van der Waals surface area contributed by atoms with Crippen LogP contribution in [0.1, 0.15) is 44.5 Å². The molecular formula is C29H26. The molecule has 1 aliphatic carbocycles. The quantitative estimate of drug-likeness (QED) is 0.304. The maximum absolute atomic E-state index is 2.43. The topological polar surface area (TPSA) is 0 Å². The van der Waals surface area contributed by atoms with Crippen molar-refractivity contribution in [2.45, 2.75) is 33.1 Å². The molecule has 0 amide bonds. The Morgan fingerprint density at radius 2 is 0.793 bits per heavy atom. The van der Waals surface area contributed by atoms with Gasteiger partial charge in [0.15, 0.2) is 0 Å². The Kier molecular flexibility index (Phi) is 3.99. The molecule has 4 aromatic rings. The normalized spacial score (nSPS) is 13.8. The second-order valence-corrected chi connectivity index (χ2v) is 8.45. The lowest BCUT2D eigenvalue weighted by Crippen LogP contribution is -2.28. The molecule has 142 valence electrons. The van der Waals surface area contributed by atoms with Gasteiger partial charge in [0.05, 0.1) is 5.41 Å². The second kappa shape index (κ2) is 6.46. The van der Waals surface area contributed by atoms with Crippen LogP contribution >= 0.6 is 0 Å². The van der Waals surface area contributed by atoms with Crippen LogP contribution in [0.2, 0.25) is 0 Å². The zero-order valence-corrected chi connectivity index (χ0v) is 17.6. The Bertz CT molecular complexity index is 1120. The molecule has 5 rings (SSSR count). The van der Waals surface area contributed by atoms with E-state index in [9.17, 15) is 0 Å². The zero-order valence-electron chi connectivity index (χ0n) is 17.6. The van der Waals surface area contributed by atoms with Crippen molar-refractivity contribution in [2.75, 3.05) is 0 Å². The van der Waals surface area contributed by atoms with Crippen LogP contribution in [-0.2, 0) is 5.41 Å². The highest BCUT2D eigenvalue weighted by Gasteiger charge is 2.46. The van der Waals surface area contributed by atoms with Crippen LogP contribution < -0.4 is 0 Å². The molecule has 0 nitrogen and oxygen atoms in total. The van der Waals surface area contributed by atoms with Gasteiger partial charge in [0.25, 0.3) is 0 Å². The van der Waals surface area contributed by atoms with E-state index in [1.807, 2.05) is 0 Å². The average Bonchev–Trinajstić information content (AvgIpc) is 2.99. The summed E-state index contributed by atoms with van der Waals surface area (Å²) in [7, 11) is 0. The predicted octanol–water partition coefficient (Wildman–Crippen LogP) is 7.28. The van der Waals surface area contributed by atoms with E-state index in [1.165, 1.54) is 55.6 Å². The van der Waals surface area contributed by atoms with E-state index < -0.39 is 0 Å². The molecule has 0 N–H and O–H groups in total. The molecule has 0 aliphatic heterocycles. The SMILES string of the molecule is Cc1cc2c(cc1C)C(c1ccccc1)(c1ccccc1)c1cc(C)c(C)cc1-2. The van der Waals surface area contributed by atoms with Gasteiger partial charge in [-0.1, -0.05) is 84.9 Å². The number of rotatable bonds is 2. The lowest BCUT2D eigenvalue weighted by atomic mass is 9.67. The fraction of sp³-hybridized carbons (Fsp3) is 0.172. The fourth-order valence-corrected chi connectivity index (χ4v) is 5.01. The largest absolute Gasteiger partial charge is 0.0713 e. The molecule has 0 unspecified atom stereocenters. The van der Waals surface area contributed by atoms with Gasteiger partial charge in [-0.05, 0) is 83.3 Å². The Morgan fingerprint density at radius 1 is 0.448 bits per heavy atom. The van der Waals surface area contributed by atoms with Crippen LogP contribution in [-0.4, -0.2) is 0 Å². The first kappa shape index (κ1) is 17.9. The molecule has 0 heterocycles. The van der Waals surface area contributed by atoms with E-state index in [4.69, 9.17) is 0 Å². The van der Waals surface area contributed by atoms with Crippen molar-refractivity contribution in [2.24, 2.45) is 0 Å². The van der Waals surface area contributed by atoms with Gasteiger partial charge in [-0.15, -0.1) is 0 Å². The van der Waals surface area contributed by atoms with E-state index >= 15 is 0 Å². The van der Waals surface area contributed by atoms with Crippen molar-refractivity contribution in [3.8, 4) is 11.1 Å². The smallest absolute Gasteiger partial charge is 0.0622 e. The van der Waals surface area contributed by atoms with Crippen molar-refractivity contribution < 1.29 is 0 Å². The Hall–Kier alpha value is -3.12. The third kappa shape index (κ3) is 2.45. The Morgan fingerprint density at radius 3 is 1.17 bits per heavy atom. The minimum Gasteiger partial charge on any atom is -0.0622 e. The first-order valence-corrected chi connectivity index (χ1v) is 10.4. The van der Waals surface area contributed by atoms with Crippen LogP contribution in [0.5, 0.6) is 0 Å². The van der Waals surface area contributed by atoms with Gasteiger partial charge in [-0.25, -0.2) is 0 Å². The average molecular weight is 375 g/mol. The molecule has 0 saturated carbocycles. The van der Waals surface area contributed by atoms with Gasteiger partial charge in [-0.2, -0.15) is 0 Å². The summed E-state index contributed by atoms with van der Waals surface area (Å²) in [6.07, 6.45) is 0. The van der Waals surface area contributed by atoms with Gasteiger partial charge in [0, 0.05) is 0 Å². The molecule has 0 saturated heterocycles.